The van der Waals surface area contributed by atoms with Crippen molar-refractivity contribution >= 4 is 5.91 Å². The van der Waals surface area contributed by atoms with Gasteiger partial charge in [-0.25, -0.2) is 0 Å². The maximum Gasteiger partial charge on any atom is 0.240 e. The quantitative estimate of drug-likeness (QED) is 0.783. The second kappa shape index (κ2) is 7.44. The highest BCUT2D eigenvalue weighted by molar-refractivity contribution is 5.86. The van der Waals surface area contributed by atoms with Crippen molar-refractivity contribution in [2.24, 2.45) is 5.92 Å². The summed E-state index contributed by atoms with van der Waals surface area (Å²) in [4.78, 5) is 12.7. The summed E-state index contributed by atoms with van der Waals surface area (Å²) in [6.07, 6.45) is 11.8. The maximum absolute atomic E-state index is 12.7. The molecule has 0 aromatic heterocycles. The van der Waals surface area contributed by atoms with E-state index >= 15 is 0 Å². The van der Waals surface area contributed by atoms with E-state index in [0.29, 0.717) is 6.04 Å². The van der Waals surface area contributed by atoms with Crippen molar-refractivity contribution in [3.63, 3.8) is 0 Å². The molecule has 3 heteroatoms. The summed E-state index contributed by atoms with van der Waals surface area (Å²) in [6.45, 7) is 5.44. The van der Waals surface area contributed by atoms with Crippen LogP contribution in [0.15, 0.2) is 0 Å². The minimum absolute atomic E-state index is 0.255. The number of hydrogen-bond donors (Lipinski definition) is 2. The van der Waals surface area contributed by atoms with Gasteiger partial charge in [0.15, 0.2) is 0 Å². The van der Waals surface area contributed by atoms with E-state index in [1.54, 1.807) is 0 Å². The Labute approximate surface area is 124 Å². The van der Waals surface area contributed by atoms with Gasteiger partial charge in [0.1, 0.15) is 0 Å². The van der Waals surface area contributed by atoms with Crippen molar-refractivity contribution in [3.05, 3.63) is 0 Å². The highest BCUT2D eigenvalue weighted by Gasteiger charge is 2.40. The van der Waals surface area contributed by atoms with Gasteiger partial charge in [0.25, 0.3) is 0 Å². The van der Waals surface area contributed by atoms with E-state index in [2.05, 4.69) is 24.5 Å². The summed E-state index contributed by atoms with van der Waals surface area (Å²) in [7, 11) is 0. The molecule has 1 amide bonds. The average molecular weight is 280 g/mol. The van der Waals surface area contributed by atoms with Crippen LogP contribution in [0.4, 0.5) is 0 Å². The molecule has 3 nitrogen and oxygen atoms in total. The Morgan fingerprint density at radius 3 is 2.50 bits per heavy atom. The number of rotatable bonds is 6. The molecule has 1 aliphatic heterocycles. The van der Waals surface area contributed by atoms with Crippen molar-refractivity contribution in [1.82, 2.24) is 10.6 Å². The molecule has 2 aliphatic rings. The van der Waals surface area contributed by atoms with Gasteiger partial charge in [-0.15, -0.1) is 0 Å². The van der Waals surface area contributed by atoms with E-state index in [9.17, 15) is 4.79 Å². The molecule has 2 fully saturated rings. The first kappa shape index (κ1) is 15.8. The first-order chi connectivity index (χ1) is 9.70. The SMILES string of the molecule is CCCC1CCC(NC(=O)C2(CCC)CCCN2)CC1. The molecule has 1 atom stereocenters. The van der Waals surface area contributed by atoms with Gasteiger partial charge >= 0.3 is 0 Å². The second-order valence-corrected chi connectivity index (χ2v) is 6.84. The molecule has 1 saturated heterocycles. The number of nitrogens with one attached hydrogen (secondary N) is 2. The fourth-order valence-corrected chi connectivity index (χ4v) is 4.08. The number of hydrogen-bond acceptors (Lipinski definition) is 2. The van der Waals surface area contributed by atoms with Crippen LogP contribution in [0.25, 0.3) is 0 Å². The highest BCUT2D eigenvalue weighted by atomic mass is 16.2. The van der Waals surface area contributed by atoms with Gasteiger partial charge in [-0.05, 0) is 57.4 Å². The van der Waals surface area contributed by atoms with Crippen molar-refractivity contribution in [3.8, 4) is 0 Å². The monoisotopic (exact) mass is 280 g/mol. The van der Waals surface area contributed by atoms with Crippen molar-refractivity contribution in [2.45, 2.75) is 89.6 Å². The molecule has 0 bridgehead atoms. The molecule has 0 spiro atoms. The molecular formula is C17H32N2O. The van der Waals surface area contributed by atoms with Crippen LogP contribution in [0.1, 0.15) is 78.1 Å². The Kier molecular flexibility index (Phi) is 5.88. The molecule has 2 N–H and O–H groups in total. The molecule has 0 radical (unpaired) electrons. The molecule has 1 aliphatic carbocycles. The molecular weight excluding hydrogens is 248 g/mol. The zero-order valence-corrected chi connectivity index (χ0v) is 13.3. The van der Waals surface area contributed by atoms with Crippen LogP contribution >= 0.6 is 0 Å². The van der Waals surface area contributed by atoms with E-state index < -0.39 is 0 Å². The summed E-state index contributed by atoms with van der Waals surface area (Å²) >= 11 is 0. The Balaban J connectivity index is 1.82. The van der Waals surface area contributed by atoms with Crippen LogP contribution in [0, 0.1) is 5.92 Å². The molecule has 20 heavy (non-hydrogen) atoms. The fraction of sp³-hybridized carbons (Fsp3) is 0.941. The van der Waals surface area contributed by atoms with Crippen LogP contribution < -0.4 is 10.6 Å². The second-order valence-electron chi connectivity index (χ2n) is 6.84. The topological polar surface area (TPSA) is 41.1 Å². The van der Waals surface area contributed by atoms with Crippen molar-refractivity contribution < 1.29 is 4.79 Å². The van der Waals surface area contributed by atoms with Gasteiger partial charge in [-0.1, -0.05) is 33.1 Å². The van der Waals surface area contributed by atoms with E-state index in [4.69, 9.17) is 0 Å². The van der Waals surface area contributed by atoms with Crippen molar-refractivity contribution in [1.29, 1.82) is 0 Å². The van der Waals surface area contributed by atoms with Gasteiger partial charge in [0, 0.05) is 6.04 Å². The molecule has 0 aromatic rings. The van der Waals surface area contributed by atoms with Crippen LogP contribution in [0.3, 0.4) is 0 Å². The van der Waals surface area contributed by atoms with Gasteiger partial charge in [-0.2, -0.15) is 0 Å². The third kappa shape index (κ3) is 3.75. The van der Waals surface area contributed by atoms with Crippen LogP contribution in [0.2, 0.25) is 0 Å². The smallest absolute Gasteiger partial charge is 0.240 e. The predicted molar refractivity (Wildman–Crippen MR) is 83.7 cm³/mol. The summed E-state index contributed by atoms with van der Waals surface area (Å²) in [5.41, 5.74) is -0.255. The molecule has 1 saturated carbocycles. The predicted octanol–water partition coefficient (Wildman–Crippen LogP) is 3.38. The van der Waals surface area contributed by atoms with E-state index in [1.807, 2.05) is 0 Å². The summed E-state index contributed by atoms with van der Waals surface area (Å²) in [5.74, 6) is 1.18. The van der Waals surface area contributed by atoms with Crippen LogP contribution in [-0.2, 0) is 4.79 Å². The number of carbonyl (C=O) groups is 1. The number of amides is 1. The third-order valence-electron chi connectivity index (χ3n) is 5.23. The Morgan fingerprint density at radius 2 is 1.95 bits per heavy atom. The summed E-state index contributed by atoms with van der Waals surface area (Å²) in [6, 6.07) is 0.423. The van der Waals surface area contributed by atoms with Gasteiger partial charge in [0.05, 0.1) is 5.54 Å². The third-order valence-corrected chi connectivity index (χ3v) is 5.23. The van der Waals surface area contributed by atoms with Gasteiger partial charge in [0.2, 0.25) is 5.91 Å². The lowest BCUT2D eigenvalue weighted by Crippen LogP contribution is -2.56. The van der Waals surface area contributed by atoms with Crippen molar-refractivity contribution in [2.75, 3.05) is 6.54 Å². The van der Waals surface area contributed by atoms with Gasteiger partial charge < -0.3 is 10.6 Å². The summed E-state index contributed by atoms with van der Waals surface area (Å²) in [5, 5.41) is 6.83. The normalized spacial score (nSPS) is 34.1. The first-order valence-electron chi connectivity index (χ1n) is 8.76. The largest absolute Gasteiger partial charge is 0.352 e. The Morgan fingerprint density at radius 1 is 1.20 bits per heavy atom. The Hall–Kier alpha value is -0.570. The first-order valence-corrected chi connectivity index (χ1v) is 8.76. The van der Waals surface area contributed by atoms with E-state index in [1.165, 1.54) is 38.5 Å². The zero-order valence-electron chi connectivity index (χ0n) is 13.3. The van der Waals surface area contributed by atoms with E-state index in [-0.39, 0.29) is 11.4 Å². The minimum atomic E-state index is -0.255. The molecule has 116 valence electrons. The molecule has 2 rings (SSSR count). The standard InChI is InChI=1S/C17H32N2O/c1-3-6-14-7-9-15(10-8-14)19-16(20)17(11-4-2)12-5-13-18-17/h14-15,18H,3-13H2,1-2H3,(H,19,20). The lowest BCUT2D eigenvalue weighted by molar-refractivity contribution is -0.128. The number of carbonyl (C=O) groups excluding carboxylic acids is 1. The van der Waals surface area contributed by atoms with Crippen LogP contribution in [-0.4, -0.2) is 24.0 Å². The summed E-state index contributed by atoms with van der Waals surface area (Å²) < 4.78 is 0. The zero-order chi connectivity index (χ0) is 14.4. The Bertz CT molecular complexity index is 302. The molecule has 1 unspecified atom stereocenters. The van der Waals surface area contributed by atoms with Gasteiger partial charge in [-0.3, -0.25) is 4.79 Å². The van der Waals surface area contributed by atoms with Crippen LogP contribution in [0.5, 0.6) is 0 Å². The molecule has 1 heterocycles. The lowest BCUT2D eigenvalue weighted by atomic mass is 9.83. The highest BCUT2D eigenvalue weighted by Crippen LogP contribution is 2.29. The molecule has 0 aromatic carbocycles. The fourth-order valence-electron chi connectivity index (χ4n) is 4.08. The van der Waals surface area contributed by atoms with E-state index in [0.717, 1.165) is 38.1 Å². The average Bonchev–Trinajstić information content (AvgIpc) is 2.92. The minimum Gasteiger partial charge on any atom is -0.352 e. The lowest BCUT2D eigenvalue weighted by Gasteiger charge is -2.33. The maximum atomic E-state index is 12.7.